The number of nitrogens with zero attached hydrogens (tertiary/aromatic N) is 3. The molecule has 0 unspecified atom stereocenters. The lowest BCUT2D eigenvalue weighted by molar-refractivity contribution is 0.324. The number of methoxy groups -OCH3 is 1. The highest BCUT2D eigenvalue weighted by Gasteiger charge is 2.51. The Hall–Kier alpha value is -3.34. The highest BCUT2D eigenvalue weighted by molar-refractivity contribution is 7.93. The third-order valence-corrected chi connectivity index (χ3v) is 8.54. The molecule has 1 aliphatic heterocycles. The van der Waals surface area contributed by atoms with Gasteiger partial charge in [-0.1, -0.05) is 0 Å². The van der Waals surface area contributed by atoms with Crippen molar-refractivity contribution < 1.29 is 21.9 Å². The number of amidine groups is 1. The average molecular weight is 476 g/mol. The summed E-state index contributed by atoms with van der Waals surface area (Å²) in [5, 5.41) is 3.80. The number of ether oxygens (including phenoxy) is 1. The second-order valence-electron chi connectivity index (χ2n) is 8.36. The van der Waals surface area contributed by atoms with Crippen LogP contribution in [0.5, 0.6) is 5.75 Å². The van der Waals surface area contributed by atoms with E-state index >= 15 is 0 Å². The Labute approximate surface area is 189 Å². The Bertz CT molecular complexity index is 1380. The molecule has 3 aromatic rings. The van der Waals surface area contributed by atoms with Gasteiger partial charge in [0, 0.05) is 22.8 Å². The SMILES string of the molecule is COc1cnc2c(Nc3ccc(F)c([C@@]4(CF)CS(=O)(=O)C(C)(C)C(N)=N4)c3)nccc2c1. The van der Waals surface area contributed by atoms with E-state index in [1.807, 2.05) is 0 Å². The van der Waals surface area contributed by atoms with Gasteiger partial charge in [-0.15, -0.1) is 0 Å². The second kappa shape index (κ2) is 7.91. The molecule has 1 atom stereocenters. The van der Waals surface area contributed by atoms with Crippen LogP contribution in [0, 0.1) is 5.82 Å². The number of hydrogen-bond acceptors (Lipinski definition) is 8. The molecule has 0 bridgehead atoms. The van der Waals surface area contributed by atoms with Gasteiger partial charge >= 0.3 is 0 Å². The number of hydrogen-bond donors (Lipinski definition) is 2. The molecule has 174 valence electrons. The van der Waals surface area contributed by atoms with E-state index in [0.29, 0.717) is 22.8 Å². The molecular weight excluding hydrogens is 452 g/mol. The molecule has 0 saturated carbocycles. The predicted octanol–water partition coefficient (Wildman–Crippen LogP) is 3.25. The van der Waals surface area contributed by atoms with Gasteiger partial charge in [0.15, 0.2) is 15.7 Å². The molecule has 0 radical (unpaired) electrons. The Morgan fingerprint density at radius 2 is 1.97 bits per heavy atom. The van der Waals surface area contributed by atoms with Crippen LogP contribution in [0.1, 0.15) is 19.4 Å². The van der Waals surface area contributed by atoms with Gasteiger partial charge in [0.25, 0.3) is 0 Å². The zero-order valence-corrected chi connectivity index (χ0v) is 19.1. The van der Waals surface area contributed by atoms with Crippen molar-refractivity contribution in [1.29, 1.82) is 0 Å². The molecule has 4 rings (SSSR count). The van der Waals surface area contributed by atoms with E-state index in [4.69, 9.17) is 10.5 Å². The Morgan fingerprint density at radius 3 is 2.64 bits per heavy atom. The largest absolute Gasteiger partial charge is 0.495 e. The van der Waals surface area contributed by atoms with E-state index in [2.05, 4.69) is 20.3 Å². The lowest BCUT2D eigenvalue weighted by atomic mass is 9.92. The molecule has 8 nitrogen and oxygen atoms in total. The van der Waals surface area contributed by atoms with Crippen LogP contribution in [0.3, 0.4) is 0 Å². The summed E-state index contributed by atoms with van der Waals surface area (Å²) in [4.78, 5) is 12.8. The summed E-state index contributed by atoms with van der Waals surface area (Å²) in [7, 11) is -2.39. The molecule has 3 N–H and O–H groups in total. The van der Waals surface area contributed by atoms with E-state index in [9.17, 15) is 17.2 Å². The first-order valence-corrected chi connectivity index (χ1v) is 11.7. The molecule has 33 heavy (non-hydrogen) atoms. The summed E-state index contributed by atoms with van der Waals surface area (Å²) in [5.74, 6) is -0.817. The number of aliphatic imine (C=N–C) groups is 1. The molecule has 11 heteroatoms. The molecular formula is C22H23F2N5O3S. The maximum atomic E-state index is 14.9. The first kappa shape index (κ1) is 22.8. The maximum Gasteiger partial charge on any atom is 0.165 e. The lowest BCUT2D eigenvalue weighted by Gasteiger charge is -2.38. The van der Waals surface area contributed by atoms with E-state index < -0.39 is 38.4 Å². The van der Waals surface area contributed by atoms with Gasteiger partial charge < -0.3 is 15.8 Å². The third kappa shape index (κ3) is 3.75. The number of fused-ring (bicyclic) bond motifs is 1. The average Bonchev–Trinajstić information content (AvgIpc) is 2.78. The molecule has 0 saturated heterocycles. The molecule has 1 aromatic carbocycles. The normalized spacial score (nSPS) is 21.4. The van der Waals surface area contributed by atoms with Crippen molar-refractivity contribution in [2.45, 2.75) is 24.1 Å². The van der Waals surface area contributed by atoms with E-state index in [1.54, 1.807) is 18.3 Å². The van der Waals surface area contributed by atoms with Crippen LogP contribution in [-0.4, -0.2) is 48.5 Å². The number of alkyl halides is 1. The molecule has 3 heterocycles. The monoisotopic (exact) mass is 475 g/mol. The maximum absolute atomic E-state index is 14.9. The van der Waals surface area contributed by atoms with Crippen LogP contribution in [0.4, 0.5) is 20.3 Å². The van der Waals surface area contributed by atoms with Crippen LogP contribution < -0.4 is 15.8 Å². The Morgan fingerprint density at radius 1 is 1.21 bits per heavy atom. The number of rotatable bonds is 5. The minimum Gasteiger partial charge on any atom is -0.495 e. The van der Waals surface area contributed by atoms with Gasteiger partial charge in [-0.3, -0.25) is 4.99 Å². The van der Waals surface area contributed by atoms with E-state index in [-0.39, 0.29) is 11.4 Å². The minimum atomic E-state index is -3.92. The number of sulfone groups is 1. The molecule has 0 fully saturated rings. The van der Waals surface area contributed by atoms with Crippen LogP contribution >= 0.6 is 0 Å². The zero-order chi connectivity index (χ0) is 24.0. The number of halogens is 2. The first-order chi connectivity index (χ1) is 15.5. The number of aromatic nitrogens is 2. The van der Waals surface area contributed by atoms with Crippen molar-refractivity contribution in [2.24, 2.45) is 10.7 Å². The van der Waals surface area contributed by atoms with Crippen LogP contribution in [0.2, 0.25) is 0 Å². The quantitative estimate of drug-likeness (QED) is 0.581. The van der Waals surface area contributed by atoms with Crippen molar-refractivity contribution >= 4 is 38.1 Å². The molecule has 0 aliphatic carbocycles. The van der Waals surface area contributed by atoms with Crippen molar-refractivity contribution in [3.8, 4) is 5.75 Å². The van der Waals surface area contributed by atoms with Gasteiger partial charge in [-0.05, 0) is 44.2 Å². The van der Waals surface area contributed by atoms with Gasteiger partial charge in [0.2, 0.25) is 0 Å². The summed E-state index contributed by atoms with van der Waals surface area (Å²) in [5.41, 5.74) is 4.60. The molecule has 0 amide bonds. The number of benzene rings is 1. The standard InChI is InChI=1S/C22H23F2N5O3S/c1-21(2)20(25)29-22(11-23,12-33(21,30)31)16-9-14(4-5-17(16)24)28-19-18-13(6-7-26-19)8-15(32-3)10-27-18/h4-10H,11-12H2,1-3H3,(H2,25,29)(H,26,28)/t22-/m1/s1. The second-order valence-corrected chi connectivity index (χ2v) is 10.9. The summed E-state index contributed by atoms with van der Waals surface area (Å²) in [6, 6.07) is 7.42. The van der Waals surface area contributed by atoms with Gasteiger partial charge in [-0.25, -0.2) is 27.2 Å². The number of anilines is 2. The van der Waals surface area contributed by atoms with Crippen molar-refractivity contribution in [1.82, 2.24) is 9.97 Å². The zero-order valence-electron chi connectivity index (χ0n) is 18.3. The van der Waals surface area contributed by atoms with Gasteiger partial charge in [0.1, 0.15) is 39.9 Å². The summed E-state index contributed by atoms with van der Waals surface area (Å²) in [6.45, 7) is 1.55. The van der Waals surface area contributed by atoms with Crippen LogP contribution in [-0.2, 0) is 15.4 Å². The first-order valence-electron chi connectivity index (χ1n) is 10.0. The molecule has 1 aliphatic rings. The molecule has 2 aromatic heterocycles. The summed E-state index contributed by atoms with van der Waals surface area (Å²) < 4.78 is 58.7. The summed E-state index contributed by atoms with van der Waals surface area (Å²) in [6.07, 6.45) is 3.11. The fraction of sp³-hybridized carbons (Fsp3) is 0.318. The van der Waals surface area contributed by atoms with E-state index in [1.165, 1.54) is 39.3 Å². The van der Waals surface area contributed by atoms with Gasteiger partial charge in [0.05, 0.1) is 19.1 Å². The van der Waals surface area contributed by atoms with Crippen LogP contribution in [0.25, 0.3) is 10.9 Å². The van der Waals surface area contributed by atoms with E-state index in [0.717, 1.165) is 11.5 Å². The number of nitrogens with two attached hydrogens (primary N) is 1. The third-order valence-electron chi connectivity index (χ3n) is 5.92. The Kier molecular flexibility index (Phi) is 5.47. The van der Waals surface area contributed by atoms with Crippen molar-refractivity contribution in [3.63, 3.8) is 0 Å². The fourth-order valence-corrected chi connectivity index (χ4v) is 5.32. The topological polar surface area (TPSA) is 120 Å². The smallest absolute Gasteiger partial charge is 0.165 e. The minimum absolute atomic E-state index is 0.216. The Balaban J connectivity index is 1.80. The van der Waals surface area contributed by atoms with Crippen LogP contribution in [0.15, 0.2) is 47.7 Å². The van der Waals surface area contributed by atoms with Crippen molar-refractivity contribution in [3.05, 3.63) is 54.1 Å². The highest BCUT2D eigenvalue weighted by Crippen LogP contribution is 2.39. The number of nitrogens with one attached hydrogen (secondary N) is 1. The predicted molar refractivity (Wildman–Crippen MR) is 123 cm³/mol. The van der Waals surface area contributed by atoms with Gasteiger partial charge in [-0.2, -0.15) is 0 Å². The van der Waals surface area contributed by atoms with Crippen molar-refractivity contribution in [2.75, 3.05) is 24.9 Å². The summed E-state index contributed by atoms with van der Waals surface area (Å²) >= 11 is 0. The number of pyridine rings is 2. The fourth-order valence-electron chi connectivity index (χ4n) is 3.67. The lowest BCUT2D eigenvalue weighted by Crippen LogP contribution is -2.56. The highest BCUT2D eigenvalue weighted by atomic mass is 32.2. The molecule has 0 spiro atoms.